The molecule has 1 fully saturated rings. The van der Waals surface area contributed by atoms with Crippen LogP contribution < -0.4 is 4.74 Å². The second kappa shape index (κ2) is 7.43. The van der Waals surface area contributed by atoms with Crippen molar-refractivity contribution in [2.24, 2.45) is 5.92 Å². The summed E-state index contributed by atoms with van der Waals surface area (Å²) in [7, 11) is 0. The molecule has 2 heterocycles. The minimum Gasteiger partial charge on any atom is -0.492 e. The van der Waals surface area contributed by atoms with Crippen molar-refractivity contribution in [3.8, 4) is 17.5 Å². The SMILES string of the molecule is N#CC12CCC(O)(C(F)(F)F)CC1CCOc1c2cc2cnn(-c3ccc(F)cc3)c2c1Br. The van der Waals surface area contributed by atoms with Crippen molar-refractivity contribution in [3.63, 3.8) is 0 Å². The predicted octanol–water partition coefficient (Wildman–Crippen LogP) is 5.56. The van der Waals surface area contributed by atoms with Gasteiger partial charge in [-0.2, -0.15) is 23.5 Å². The third kappa shape index (κ3) is 3.24. The van der Waals surface area contributed by atoms with E-state index in [1.165, 1.54) is 12.1 Å². The Morgan fingerprint density at radius 1 is 1.24 bits per heavy atom. The molecule has 1 aliphatic heterocycles. The second-order valence-corrected chi connectivity index (χ2v) is 9.48. The average molecular weight is 524 g/mol. The molecule has 5 nitrogen and oxygen atoms in total. The number of hydrogen-bond acceptors (Lipinski definition) is 4. The summed E-state index contributed by atoms with van der Waals surface area (Å²) in [5.74, 6) is -0.738. The quantitative estimate of drug-likeness (QED) is 0.423. The highest BCUT2D eigenvalue weighted by Crippen LogP contribution is 2.57. The van der Waals surface area contributed by atoms with Gasteiger partial charge >= 0.3 is 6.18 Å². The standard InChI is InChI=1S/C23H18BrF4N3O2/c24-18-19-13(11-30-31(19)16-3-1-15(25)2-4-16)9-17-20(18)33-8-5-14-10-22(32,23(26,27)28)7-6-21(14,17)12-29/h1-4,9,11,14,32H,5-8,10H2. The van der Waals surface area contributed by atoms with Crippen LogP contribution >= 0.6 is 15.9 Å². The Balaban J connectivity index is 1.67. The van der Waals surface area contributed by atoms with Gasteiger partial charge < -0.3 is 9.84 Å². The molecule has 0 bridgehead atoms. The van der Waals surface area contributed by atoms with E-state index >= 15 is 0 Å². The van der Waals surface area contributed by atoms with Gasteiger partial charge in [0.25, 0.3) is 0 Å². The maximum absolute atomic E-state index is 13.6. The highest BCUT2D eigenvalue weighted by molar-refractivity contribution is 9.10. The minimum atomic E-state index is -4.77. The van der Waals surface area contributed by atoms with Crippen LogP contribution in [0, 0.1) is 23.1 Å². The van der Waals surface area contributed by atoms with E-state index in [-0.39, 0.29) is 25.3 Å². The number of alkyl halides is 3. The van der Waals surface area contributed by atoms with E-state index in [4.69, 9.17) is 4.74 Å². The van der Waals surface area contributed by atoms with E-state index in [1.54, 1.807) is 29.1 Å². The van der Waals surface area contributed by atoms with Gasteiger partial charge in [-0.3, -0.25) is 0 Å². The molecule has 10 heteroatoms. The van der Waals surface area contributed by atoms with Gasteiger partial charge in [-0.05, 0) is 77.9 Å². The molecular weight excluding hydrogens is 506 g/mol. The smallest absolute Gasteiger partial charge is 0.417 e. The molecule has 3 atom stereocenters. The summed E-state index contributed by atoms with van der Waals surface area (Å²) in [5.41, 5.74) is -2.32. The van der Waals surface area contributed by atoms with Crippen LogP contribution in [0.25, 0.3) is 16.6 Å². The van der Waals surface area contributed by atoms with Crippen LogP contribution in [0.2, 0.25) is 0 Å². The third-order valence-corrected chi connectivity index (χ3v) is 7.69. The first-order chi connectivity index (χ1) is 15.6. The summed E-state index contributed by atoms with van der Waals surface area (Å²) in [5, 5.41) is 25.6. The van der Waals surface area contributed by atoms with Crippen LogP contribution in [0.3, 0.4) is 0 Å². The topological polar surface area (TPSA) is 71.1 Å². The van der Waals surface area contributed by atoms with Gasteiger partial charge in [0.1, 0.15) is 11.6 Å². The lowest BCUT2D eigenvalue weighted by atomic mass is 9.58. The van der Waals surface area contributed by atoms with Gasteiger partial charge in [0.15, 0.2) is 5.60 Å². The Kier molecular flexibility index (Phi) is 4.99. The number of aliphatic hydroxyl groups is 1. The highest BCUT2D eigenvalue weighted by atomic mass is 79.9. The van der Waals surface area contributed by atoms with E-state index in [9.17, 15) is 27.9 Å². The molecule has 1 N–H and O–H groups in total. The highest BCUT2D eigenvalue weighted by Gasteiger charge is 2.61. The van der Waals surface area contributed by atoms with Crippen LogP contribution in [0.5, 0.6) is 5.75 Å². The number of nitrogens with zero attached hydrogens (tertiary/aromatic N) is 3. The van der Waals surface area contributed by atoms with E-state index in [0.717, 1.165) is 0 Å². The fourth-order valence-electron chi connectivity index (χ4n) is 5.15. The first kappa shape index (κ1) is 22.2. The summed E-state index contributed by atoms with van der Waals surface area (Å²) in [6, 6.07) is 9.81. The number of aromatic nitrogens is 2. The van der Waals surface area contributed by atoms with E-state index < -0.39 is 36.0 Å². The fraction of sp³-hybridized carbons (Fsp3) is 0.391. The van der Waals surface area contributed by atoms with Gasteiger partial charge in [-0.15, -0.1) is 0 Å². The van der Waals surface area contributed by atoms with Crippen LogP contribution in [-0.2, 0) is 5.41 Å². The monoisotopic (exact) mass is 523 g/mol. The molecule has 172 valence electrons. The van der Waals surface area contributed by atoms with Gasteiger partial charge in [0.2, 0.25) is 0 Å². The molecular formula is C23H18BrF4N3O2. The van der Waals surface area contributed by atoms with Gasteiger partial charge in [0.05, 0.1) is 40.0 Å². The zero-order chi connectivity index (χ0) is 23.6. The molecule has 5 rings (SSSR count). The zero-order valence-electron chi connectivity index (χ0n) is 17.2. The minimum absolute atomic E-state index is 0.101. The maximum Gasteiger partial charge on any atom is 0.417 e. The average Bonchev–Trinajstić information content (AvgIpc) is 3.12. The molecule has 0 saturated heterocycles. The molecule has 1 saturated carbocycles. The molecule has 0 spiro atoms. The molecule has 0 radical (unpaired) electrons. The van der Waals surface area contributed by atoms with Crippen LogP contribution in [-0.4, -0.2) is 33.3 Å². The van der Waals surface area contributed by atoms with Crippen LogP contribution in [0.4, 0.5) is 17.6 Å². The molecule has 3 aromatic rings. The molecule has 1 aromatic heterocycles. The first-order valence-electron chi connectivity index (χ1n) is 10.4. The van der Waals surface area contributed by atoms with Crippen molar-refractivity contribution in [1.82, 2.24) is 9.78 Å². The molecule has 2 aromatic carbocycles. The van der Waals surface area contributed by atoms with E-state index in [2.05, 4.69) is 27.1 Å². The van der Waals surface area contributed by atoms with Gasteiger partial charge in [0, 0.05) is 10.9 Å². The predicted molar refractivity (Wildman–Crippen MR) is 114 cm³/mol. The number of benzene rings is 2. The number of nitriles is 1. The summed E-state index contributed by atoms with van der Waals surface area (Å²) < 4.78 is 62.2. The number of hydrogen-bond donors (Lipinski definition) is 1. The van der Waals surface area contributed by atoms with Crippen molar-refractivity contribution >= 4 is 26.8 Å². The third-order valence-electron chi connectivity index (χ3n) is 6.95. The summed E-state index contributed by atoms with van der Waals surface area (Å²) >= 11 is 3.57. The number of halogens is 5. The molecule has 0 amide bonds. The number of fused-ring (bicyclic) bond motifs is 4. The van der Waals surface area contributed by atoms with Crippen molar-refractivity contribution in [1.29, 1.82) is 5.26 Å². The number of ether oxygens (including phenoxy) is 1. The molecule has 3 unspecified atom stereocenters. The molecule has 2 aliphatic rings. The zero-order valence-corrected chi connectivity index (χ0v) is 18.7. The Morgan fingerprint density at radius 3 is 2.64 bits per heavy atom. The van der Waals surface area contributed by atoms with Crippen molar-refractivity contribution in [3.05, 3.63) is 52.4 Å². The van der Waals surface area contributed by atoms with E-state index in [1.807, 2.05) is 0 Å². The lowest BCUT2D eigenvalue weighted by molar-refractivity contribution is -0.277. The van der Waals surface area contributed by atoms with Crippen molar-refractivity contribution in [2.45, 2.75) is 42.9 Å². The Bertz CT molecular complexity index is 1280. The van der Waals surface area contributed by atoms with Crippen LogP contribution in [0.15, 0.2) is 41.0 Å². The Labute approximate surface area is 194 Å². The lowest BCUT2D eigenvalue weighted by Crippen LogP contribution is -2.54. The second-order valence-electron chi connectivity index (χ2n) is 8.69. The van der Waals surface area contributed by atoms with E-state index in [0.29, 0.717) is 32.4 Å². The van der Waals surface area contributed by atoms with Crippen molar-refractivity contribution in [2.75, 3.05) is 6.61 Å². The van der Waals surface area contributed by atoms with Gasteiger partial charge in [-0.25, -0.2) is 9.07 Å². The fourth-order valence-corrected chi connectivity index (χ4v) is 5.87. The summed E-state index contributed by atoms with van der Waals surface area (Å²) in [6.07, 6.45) is -4.25. The molecule has 1 aliphatic carbocycles. The summed E-state index contributed by atoms with van der Waals surface area (Å²) in [6.45, 7) is 0.101. The normalized spacial score (nSPS) is 27.2. The largest absolute Gasteiger partial charge is 0.492 e. The molecule has 33 heavy (non-hydrogen) atoms. The Hall–Kier alpha value is -2.64. The maximum atomic E-state index is 13.6. The first-order valence-corrected chi connectivity index (χ1v) is 11.2. The lowest BCUT2D eigenvalue weighted by Gasteiger charge is -2.46. The van der Waals surface area contributed by atoms with Crippen molar-refractivity contribution < 1.29 is 27.4 Å². The van der Waals surface area contributed by atoms with Crippen LogP contribution in [0.1, 0.15) is 31.2 Å². The van der Waals surface area contributed by atoms with Gasteiger partial charge in [-0.1, -0.05) is 0 Å². The Morgan fingerprint density at radius 2 is 1.97 bits per heavy atom. The number of rotatable bonds is 1. The summed E-state index contributed by atoms with van der Waals surface area (Å²) in [4.78, 5) is 0.